The van der Waals surface area contributed by atoms with Crippen LogP contribution in [-0.2, 0) is 17.6 Å². The summed E-state index contributed by atoms with van der Waals surface area (Å²) in [6.45, 7) is 1.48. The van der Waals surface area contributed by atoms with Crippen LogP contribution in [0.3, 0.4) is 0 Å². The fraction of sp³-hybridized carbons (Fsp3) is 0.500. The van der Waals surface area contributed by atoms with Crippen molar-refractivity contribution in [1.82, 2.24) is 20.1 Å². The molecule has 2 aromatic heterocycles. The number of hydrogen-bond acceptors (Lipinski definition) is 6. The van der Waals surface area contributed by atoms with Crippen molar-refractivity contribution in [2.75, 3.05) is 13.2 Å². The number of aromatic nitrogens is 4. The van der Waals surface area contributed by atoms with E-state index in [9.17, 15) is 0 Å². The molecule has 0 aromatic carbocycles. The lowest BCUT2D eigenvalue weighted by molar-refractivity contribution is 0.192. The molecule has 0 unspecified atom stereocenters. The van der Waals surface area contributed by atoms with Crippen LogP contribution in [0.5, 0.6) is 0 Å². The third-order valence-electron chi connectivity index (χ3n) is 2.99. The average Bonchev–Trinajstić information content (AvgIpc) is 3.08. The molecule has 0 N–H and O–H groups in total. The number of rotatable bonds is 4. The predicted molar refractivity (Wildman–Crippen MR) is 61.9 cm³/mol. The van der Waals surface area contributed by atoms with Crippen LogP contribution < -0.4 is 0 Å². The summed E-state index contributed by atoms with van der Waals surface area (Å²) < 4.78 is 10.5. The lowest BCUT2D eigenvalue weighted by Gasteiger charge is -1.97. The van der Waals surface area contributed by atoms with E-state index < -0.39 is 0 Å². The first kappa shape index (κ1) is 11.3. The van der Waals surface area contributed by atoms with Gasteiger partial charge in [0.15, 0.2) is 5.82 Å². The van der Waals surface area contributed by atoms with Gasteiger partial charge in [-0.3, -0.25) is 9.97 Å². The van der Waals surface area contributed by atoms with Gasteiger partial charge in [-0.15, -0.1) is 0 Å². The molecule has 1 saturated heterocycles. The Bertz CT molecular complexity index is 494. The Kier molecular flexibility index (Phi) is 3.27. The molecule has 3 rings (SSSR count). The molecular weight excluding hydrogens is 232 g/mol. The topological polar surface area (TPSA) is 73.9 Å². The maximum absolute atomic E-state index is 5.31. The van der Waals surface area contributed by atoms with Crippen LogP contribution in [0.1, 0.15) is 29.7 Å². The first-order chi connectivity index (χ1) is 8.92. The van der Waals surface area contributed by atoms with Crippen LogP contribution >= 0.6 is 0 Å². The molecule has 0 spiro atoms. The second-order valence-electron chi connectivity index (χ2n) is 4.30. The van der Waals surface area contributed by atoms with E-state index in [1.165, 1.54) is 0 Å². The van der Waals surface area contributed by atoms with Gasteiger partial charge in [0.1, 0.15) is 0 Å². The molecular formula is C12H14N4O2. The van der Waals surface area contributed by atoms with Gasteiger partial charge in [0.25, 0.3) is 0 Å². The van der Waals surface area contributed by atoms with Crippen LogP contribution in [0.2, 0.25) is 0 Å². The molecule has 3 heterocycles. The Morgan fingerprint density at radius 2 is 2.28 bits per heavy atom. The molecule has 6 nitrogen and oxygen atoms in total. The maximum atomic E-state index is 5.31. The normalized spacial score (nSPS) is 19.2. The van der Waals surface area contributed by atoms with Gasteiger partial charge in [0, 0.05) is 37.5 Å². The zero-order valence-electron chi connectivity index (χ0n) is 9.95. The van der Waals surface area contributed by atoms with Crippen LogP contribution in [0.25, 0.3) is 0 Å². The summed E-state index contributed by atoms with van der Waals surface area (Å²) in [5.41, 5.74) is 0.932. The first-order valence-electron chi connectivity index (χ1n) is 6.07. The molecule has 94 valence electrons. The van der Waals surface area contributed by atoms with Crippen molar-refractivity contribution in [2.45, 2.75) is 25.2 Å². The Labute approximate surface area is 104 Å². The molecule has 6 heteroatoms. The Morgan fingerprint density at radius 3 is 3.06 bits per heavy atom. The van der Waals surface area contributed by atoms with Crippen molar-refractivity contribution in [1.29, 1.82) is 0 Å². The van der Waals surface area contributed by atoms with E-state index in [4.69, 9.17) is 9.26 Å². The molecule has 2 aromatic rings. The quantitative estimate of drug-likeness (QED) is 0.805. The summed E-state index contributed by atoms with van der Waals surface area (Å²) in [4.78, 5) is 12.6. The van der Waals surface area contributed by atoms with E-state index in [-0.39, 0.29) is 0 Å². The van der Waals surface area contributed by atoms with Gasteiger partial charge >= 0.3 is 0 Å². The van der Waals surface area contributed by atoms with Crippen molar-refractivity contribution in [2.24, 2.45) is 0 Å². The third-order valence-corrected chi connectivity index (χ3v) is 2.99. The highest BCUT2D eigenvalue weighted by atomic mass is 16.5. The monoisotopic (exact) mass is 246 g/mol. The maximum Gasteiger partial charge on any atom is 0.227 e. The van der Waals surface area contributed by atoms with Crippen LogP contribution in [0.4, 0.5) is 0 Å². The van der Waals surface area contributed by atoms with Gasteiger partial charge < -0.3 is 9.26 Å². The third kappa shape index (κ3) is 2.53. The second-order valence-corrected chi connectivity index (χ2v) is 4.30. The summed E-state index contributed by atoms with van der Waals surface area (Å²) in [5.74, 6) is 1.71. The van der Waals surface area contributed by atoms with Gasteiger partial charge in [-0.05, 0) is 12.8 Å². The summed E-state index contributed by atoms with van der Waals surface area (Å²) in [5, 5.41) is 4.01. The molecule has 1 aliphatic rings. The van der Waals surface area contributed by atoms with Crippen molar-refractivity contribution >= 4 is 0 Å². The summed E-state index contributed by atoms with van der Waals surface area (Å²) in [7, 11) is 0. The minimum Gasteiger partial charge on any atom is -0.381 e. The molecule has 0 bridgehead atoms. The van der Waals surface area contributed by atoms with Crippen LogP contribution in [0, 0.1) is 0 Å². The fourth-order valence-electron chi connectivity index (χ4n) is 1.97. The molecule has 1 aliphatic heterocycles. The molecule has 1 fully saturated rings. The number of nitrogens with zero attached hydrogens (tertiary/aromatic N) is 4. The molecule has 0 saturated carbocycles. The first-order valence-corrected chi connectivity index (χ1v) is 6.07. The van der Waals surface area contributed by atoms with Gasteiger partial charge in [-0.1, -0.05) is 5.16 Å². The highest BCUT2D eigenvalue weighted by Gasteiger charge is 2.22. The highest BCUT2D eigenvalue weighted by Crippen LogP contribution is 2.22. The predicted octanol–water partition coefficient (Wildman–Crippen LogP) is 1.15. The van der Waals surface area contributed by atoms with E-state index in [1.807, 2.05) is 0 Å². The molecule has 18 heavy (non-hydrogen) atoms. The molecule has 0 radical (unpaired) electrons. The van der Waals surface area contributed by atoms with E-state index in [2.05, 4.69) is 20.1 Å². The standard InChI is InChI=1S/C12H14N4O2/c1(10-7-13-4-5-14-10)2-11-15-12(16-18-11)9-3-6-17-8-9/h4-5,7,9H,1-3,6,8H2/t9-/m0/s1. The average molecular weight is 246 g/mol. The van der Waals surface area contributed by atoms with Crippen LogP contribution in [0.15, 0.2) is 23.1 Å². The second kappa shape index (κ2) is 5.22. The number of ether oxygens (including phenoxy) is 1. The Hall–Kier alpha value is -1.82. The van der Waals surface area contributed by atoms with Crippen molar-refractivity contribution in [3.05, 3.63) is 36.0 Å². The van der Waals surface area contributed by atoms with E-state index >= 15 is 0 Å². The Balaban J connectivity index is 1.60. The van der Waals surface area contributed by atoms with Gasteiger partial charge in [-0.25, -0.2) is 0 Å². The number of aryl methyl sites for hydroxylation is 2. The fourth-order valence-corrected chi connectivity index (χ4v) is 1.97. The van der Waals surface area contributed by atoms with Gasteiger partial charge in [0.2, 0.25) is 5.89 Å². The SMILES string of the molecule is c1cnc(CCc2nc([C@H]3CCOC3)no2)cn1. The highest BCUT2D eigenvalue weighted by molar-refractivity contribution is 5.00. The zero-order valence-corrected chi connectivity index (χ0v) is 9.95. The summed E-state index contributed by atoms with van der Waals surface area (Å²) in [6, 6.07) is 0. The lowest BCUT2D eigenvalue weighted by Crippen LogP contribution is -2.00. The summed E-state index contributed by atoms with van der Waals surface area (Å²) in [6.07, 6.45) is 7.53. The van der Waals surface area contributed by atoms with E-state index in [0.29, 0.717) is 24.8 Å². The molecule has 1 atom stereocenters. The minimum absolute atomic E-state index is 0.291. The molecule has 0 aliphatic carbocycles. The van der Waals surface area contributed by atoms with E-state index in [1.54, 1.807) is 18.6 Å². The largest absolute Gasteiger partial charge is 0.381 e. The minimum atomic E-state index is 0.291. The lowest BCUT2D eigenvalue weighted by atomic mass is 10.1. The smallest absolute Gasteiger partial charge is 0.227 e. The van der Waals surface area contributed by atoms with E-state index in [0.717, 1.165) is 31.0 Å². The number of hydrogen-bond donors (Lipinski definition) is 0. The van der Waals surface area contributed by atoms with Crippen LogP contribution in [-0.4, -0.2) is 33.3 Å². The van der Waals surface area contributed by atoms with Gasteiger partial charge in [0.05, 0.1) is 12.3 Å². The Morgan fingerprint density at radius 1 is 1.28 bits per heavy atom. The van der Waals surface area contributed by atoms with Gasteiger partial charge in [-0.2, -0.15) is 4.98 Å². The van der Waals surface area contributed by atoms with Crippen molar-refractivity contribution < 1.29 is 9.26 Å². The van der Waals surface area contributed by atoms with Crippen molar-refractivity contribution in [3.63, 3.8) is 0 Å². The zero-order chi connectivity index (χ0) is 12.2. The van der Waals surface area contributed by atoms with Crippen molar-refractivity contribution in [3.8, 4) is 0 Å². The summed E-state index contributed by atoms with van der Waals surface area (Å²) >= 11 is 0. The molecule has 0 amide bonds.